The molecule has 2 rings (SSSR count). The van der Waals surface area contributed by atoms with Gasteiger partial charge in [0.05, 0.1) is 5.02 Å². The molecule has 0 bridgehead atoms. The van der Waals surface area contributed by atoms with Gasteiger partial charge in [0.15, 0.2) is 0 Å². The van der Waals surface area contributed by atoms with E-state index in [1.54, 1.807) is 6.07 Å². The summed E-state index contributed by atoms with van der Waals surface area (Å²) in [5.74, 6) is 3.68. The second-order valence-electron chi connectivity index (χ2n) is 4.76. The number of hydrogen-bond donors (Lipinski definition) is 2. The van der Waals surface area contributed by atoms with Crippen molar-refractivity contribution in [3.63, 3.8) is 0 Å². The molecule has 0 saturated heterocycles. The molecular formula is C15H14ClF3N2. The Labute approximate surface area is 125 Å². The Morgan fingerprint density at radius 2 is 1.76 bits per heavy atom. The van der Waals surface area contributed by atoms with Crippen LogP contribution in [0.25, 0.3) is 0 Å². The van der Waals surface area contributed by atoms with E-state index < -0.39 is 17.5 Å². The van der Waals surface area contributed by atoms with Crippen LogP contribution in [0.15, 0.2) is 36.4 Å². The van der Waals surface area contributed by atoms with Crippen molar-refractivity contribution in [3.05, 3.63) is 70.0 Å². The highest BCUT2D eigenvalue weighted by atomic mass is 35.5. The molecule has 6 heteroatoms. The van der Waals surface area contributed by atoms with Gasteiger partial charge in [0.1, 0.15) is 17.5 Å². The van der Waals surface area contributed by atoms with Gasteiger partial charge < -0.3 is 0 Å². The lowest BCUT2D eigenvalue weighted by Crippen LogP contribution is -2.38. The van der Waals surface area contributed by atoms with Crippen molar-refractivity contribution in [2.75, 3.05) is 0 Å². The predicted octanol–water partition coefficient (Wildman–Crippen LogP) is 3.37. The maximum Gasteiger partial charge on any atom is 0.142 e. The van der Waals surface area contributed by atoms with E-state index >= 15 is 0 Å². The van der Waals surface area contributed by atoms with Crippen LogP contribution in [0.5, 0.6) is 0 Å². The molecule has 2 nitrogen and oxygen atoms in total. The van der Waals surface area contributed by atoms with Gasteiger partial charge in [-0.3, -0.25) is 11.3 Å². The SMILES string of the molecule is NNC(Cc1ccc(Cl)c(F)c1)Cc1ccc(F)cc1F. The van der Waals surface area contributed by atoms with Crippen LogP contribution in [-0.4, -0.2) is 6.04 Å². The van der Waals surface area contributed by atoms with Crippen molar-refractivity contribution < 1.29 is 13.2 Å². The maximum atomic E-state index is 13.6. The normalized spacial score (nSPS) is 12.4. The molecule has 0 aromatic heterocycles. The molecule has 2 aromatic carbocycles. The van der Waals surface area contributed by atoms with Crippen LogP contribution in [0.3, 0.4) is 0 Å². The Hall–Kier alpha value is -1.56. The Bertz CT molecular complexity index is 634. The summed E-state index contributed by atoms with van der Waals surface area (Å²) in [5, 5.41) is 0.0422. The molecule has 112 valence electrons. The zero-order valence-electron chi connectivity index (χ0n) is 11.0. The number of hydrogen-bond acceptors (Lipinski definition) is 2. The first-order valence-electron chi connectivity index (χ1n) is 6.33. The molecule has 0 aliphatic rings. The quantitative estimate of drug-likeness (QED) is 0.656. The molecule has 0 radical (unpaired) electrons. The first kappa shape index (κ1) is 15.8. The molecule has 0 spiro atoms. The molecule has 2 aromatic rings. The molecule has 21 heavy (non-hydrogen) atoms. The first-order chi connectivity index (χ1) is 9.99. The van der Waals surface area contributed by atoms with Crippen LogP contribution >= 0.6 is 11.6 Å². The van der Waals surface area contributed by atoms with Gasteiger partial charge in [-0.2, -0.15) is 0 Å². The summed E-state index contributed by atoms with van der Waals surface area (Å²) in [5.41, 5.74) is 3.58. The minimum absolute atomic E-state index is 0.0422. The molecule has 1 atom stereocenters. The fraction of sp³-hybridized carbons (Fsp3) is 0.200. The summed E-state index contributed by atoms with van der Waals surface area (Å²) in [7, 11) is 0. The lowest BCUT2D eigenvalue weighted by molar-refractivity contribution is 0.501. The highest BCUT2D eigenvalue weighted by molar-refractivity contribution is 6.30. The molecule has 0 aliphatic heterocycles. The summed E-state index contributed by atoms with van der Waals surface area (Å²) in [6.45, 7) is 0. The van der Waals surface area contributed by atoms with Gasteiger partial charge >= 0.3 is 0 Å². The highest BCUT2D eigenvalue weighted by Gasteiger charge is 2.13. The number of nitrogens with one attached hydrogen (secondary N) is 1. The Kier molecular flexibility index (Phi) is 5.22. The van der Waals surface area contributed by atoms with Crippen molar-refractivity contribution in [1.82, 2.24) is 5.43 Å². The monoisotopic (exact) mass is 314 g/mol. The van der Waals surface area contributed by atoms with Crippen LogP contribution in [-0.2, 0) is 12.8 Å². The van der Waals surface area contributed by atoms with Crippen LogP contribution < -0.4 is 11.3 Å². The minimum Gasteiger partial charge on any atom is -0.271 e. The van der Waals surface area contributed by atoms with E-state index in [2.05, 4.69) is 5.43 Å². The Morgan fingerprint density at radius 3 is 2.38 bits per heavy atom. The summed E-state index contributed by atoms with van der Waals surface area (Å²) in [4.78, 5) is 0. The van der Waals surface area contributed by atoms with Crippen LogP contribution in [0.4, 0.5) is 13.2 Å². The lowest BCUT2D eigenvalue weighted by Gasteiger charge is -2.16. The van der Waals surface area contributed by atoms with Gasteiger partial charge in [0, 0.05) is 12.1 Å². The summed E-state index contributed by atoms with van der Waals surface area (Å²) < 4.78 is 39.9. The van der Waals surface area contributed by atoms with E-state index in [0.717, 1.165) is 6.07 Å². The largest absolute Gasteiger partial charge is 0.271 e. The van der Waals surface area contributed by atoms with Crippen molar-refractivity contribution in [2.24, 2.45) is 5.84 Å². The smallest absolute Gasteiger partial charge is 0.142 e. The van der Waals surface area contributed by atoms with E-state index in [0.29, 0.717) is 17.5 Å². The summed E-state index contributed by atoms with van der Waals surface area (Å²) in [6, 6.07) is 7.52. The summed E-state index contributed by atoms with van der Waals surface area (Å²) in [6.07, 6.45) is 0.647. The maximum absolute atomic E-state index is 13.6. The molecule has 0 aliphatic carbocycles. The van der Waals surface area contributed by atoms with Crippen molar-refractivity contribution in [3.8, 4) is 0 Å². The third-order valence-electron chi connectivity index (χ3n) is 3.18. The van der Waals surface area contributed by atoms with Crippen molar-refractivity contribution >= 4 is 11.6 Å². The van der Waals surface area contributed by atoms with Gasteiger partial charge in [-0.15, -0.1) is 0 Å². The molecule has 1 unspecified atom stereocenters. The Balaban J connectivity index is 2.10. The zero-order chi connectivity index (χ0) is 15.4. The number of halogens is 4. The molecule has 3 N–H and O–H groups in total. The number of nitrogens with two attached hydrogens (primary N) is 1. The van der Waals surface area contributed by atoms with Crippen LogP contribution in [0, 0.1) is 17.5 Å². The van der Waals surface area contributed by atoms with Gasteiger partial charge in [0.25, 0.3) is 0 Å². The van der Waals surface area contributed by atoms with Gasteiger partial charge in [0.2, 0.25) is 0 Å². The highest BCUT2D eigenvalue weighted by Crippen LogP contribution is 2.18. The average Bonchev–Trinajstić information content (AvgIpc) is 2.44. The minimum atomic E-state index is -0.631. The van der Waals surface area contributed by atoms with Crippen molar-refractivity contribution in [1.29, 1.82) is 0 Å². The van der Waals surface area contributed by atoms with Crippen LogP contribution in [0.1, 0.15) is 11.1 Å². The number of benzene rings is 2. The fourth-order valence-corrected chi connectivity index (χ4v) is 2.21. The van der Waals surface area contributed by atoms with Crippen LogP contribution in [0.2, 0.25) is 5.02 Å². The molecule has 0 heterocycles. The molecular weight excluding hydrogens is 301 g/mol. The molecule has 0 amide bonds. The standard InChI is InChI=1S/C15H14ClF3N2/c16-13-4-1-9(6-15(13)19)5-12(21-20)7-10-2-3-11(17)8-14(10)18/h1-4,6,8,12,21H,5,7,20H2. The van der Waals surface area contributed by atoms with E-state index in [-0.39, 0.29) is 17.5 Å². The zero-order valence-corrected chi connectivity index (χ0v) is 11.8. The molecule has 0 saturated carbocycles. The Morgan fingerprint density at radius 1 is 1.00 bits per heavy atom. The van der Waals surface area contributed by atoms with Gasteiger partial charge in [-0.25, -0.2) is 13.2 Å². The van der Waals surface area contributed by atoms with E-state index in [1.165, 1.54) is 24.3 Å². The predicted molar refractivity (Wildman–Crippen MR) is 76.3 cm³/mol. The lowest BCUT2D eigenvalue weighted by atomic mass is 9.99. The van der Waals surface area contributed by atoms with Crippen molar-refractivity contribution in [2.45, 2.75) is 18.9 Å². The summed E-state index contributed by atoms with van der Waals surface area (Å²) >= 11 is 5.62. The number of rotatable bonds is 5. The first-order valence-corrected chi connectivity index (χ1v) is 6.71. The fourth-order valence-electron chi connectivity index (χ4n) is 2.09. The van der Waals surface area contributed by atoms with Gasteiger partial charge in [-0.05, 0) is 42.2 Å². The molecule has 0 fully saturated rings. The van der Waals surface area contributed by atoms with E-state index in [9.17, 15) is 13.2 Å². The second-order valence-corrected chi connectivity index (χ2v) is 5.16. The second kappa shape index (κ2) is 6.93. The third kappa shape index (κ3) is 4.20. The van der Waals surface area contributed by atoms with Gasteiger partial charge in [-0.1, -0.05) is 23.7 Å². The third-order valence-corrected chi connectivity index (χ3v) is 3.49. The topological polar surface area (TPSA) is 38.0 Å². The van der Waals surface area contributed by atoms with E-state index in [1.807, 2.05) is 0 Å². The number of hydrazine groups is 1. The average molecular weight is 315 g/mol. The van der Waals surface area contributed by atoms with E-state index in [4.69, 9.17) is 17.4 Å².